The van der Waals surface area contributed by atoms with Crippen molar-refractivity contribution >= 4 is 36.3 Å². The highest BCUT2D eigenvalue weighted by Crippen LogP contribution is 2.29. The number of imidazole rings is 1. The van der Waals surface area contributed by atoms with Gasteiger partial charge >= 0.3 is 12.1 Å². The van der Waals surface area contributed by atoms with E-state index in [0.717, 1.165) is 35.1 Å². The van der Waals surface area contributed by atoms with Crippen LogP contribution in [0.3, 0.4) is 0 Å². The van der Waals surface area contributed by atoms with Crippen molar-refractivity contribution in [3.63, 3.8) is 0 Å². The van der Waals surface area contributed by atoms with Crippen LogP contribution in [-0.4, -0.2) is 91.4 Å². The van der Waals surface area contributed by atoms with Crippen LogP contribution in [0.25, 0.3) is 11.1 Å². The summed E-state index contributed by atoms with van der Waals surface area (Å²) in [5, 5.41) is 41.9. The summed E-state index contributed by atoms with van der Waals surface area (Å²) in [7, 11) is 0. The lowest BCUT2D eigenvalue weighted by Crippen LogP contribution is -2.35. The van der Waals surface area contributed by atoms with Crippen LogP contribution in [0.1, 0.15) is 80.8 Å². The molecule has 0 aliphatic heterocycles. The van der Waals surface area contributed by atoms with Gasteiger partial charge < -0.3 is 24.6 Å². The number of nitrogens with one attached hydrogen (secondary N) is 1. The largest absolute Gasteiger partial charge is 0.511 e. The fraction of sp³-hybridized carbons (Fsp3) is 0.441. The van der Waals surface area contributed by atoms with Crippen molar-refractivity contribution in [3.8, 4) is 11.1 Å². The number of nitrogens with zero attached hydrogens (tertiary/aromatic N) is 6. The number of nitrogens with two attached hydrogens (primary N) is 1. The number of unbranched alkanes of at least 4 members (excludes halogenated alkanes) is 1. The first-order chi connectivity index (χ1) is 25.7. The molecular weight excluding hydrogens is 732 g/mol. The van der Waals surface area contributed by atoms with Gasteiger partial charge in [-0.15, -0.1) is 0 Å². The molecule has 0 aliphatic carbocycles. The molecule has 0 saturated heterocycles. The minimum atomic E-state index is -1.36. The van der Waals surface area contributed by atoms with Gasteiger partial charge in [-0.3, -0.25) is 26.3 Å². The molecule has 3 rings (SSSR count). The first-order valence-electron chi connectivity index (χ1n) is 16.8. The highest BCUT2D eigenvalue weighted by molar-refractivity contribution is 6.32. The Kier molecular flexibility index (Phi) is 17.2. The topological polar surface area (TPSA) is 248 Å². The average Bonchev–Trinajstić information content (AvgIpc) is 3.42. The molecule has 0 aliphatic rings. The van der Waals surface area contributed by atoms with E-state index in [1.807, 2.05) is 55.5 Å². The Hall–Kier alpha value is -4.70. The van der Waals surface area contributed by atoms with Crippen molar-refractivity contribution in [1.29, 1.82) is 0 Å². The number of aromatic nitrogens is 2. The second kappa shape index (κ2) is 21.3. The molecule has 19 nitrogen and oxygen atoms in total. The molecule has 54 heavy (non-hydrogen) atoms. The summed E-state index contributed by atoms with van der Waals surface area (Å²) in [5.74, 6) is 5.65. The van der Waals surface area contributed by atoms with Crippen molar-refractivity contribution < 1.29 is 54.3 Å². The lowest BCUT2D eigenvalue weighted by atomic mass is 9.84. The van der Waals surface area contributed by atoms with Crippen LogP contribution in [0.2, 0.25) is 5.15 Å². The number of ether oxygens (including phenoxy) is 3. The first kappa shape index (κ1) is 43.7. The lowest BCUT2D eigenvalue weighted by Gasteiger charge is -2.29. The summed E-state index contributed by atoms with van der Waals surface area (Å²) in [6, 6.07) is 15.2. The number of benzene rings is 2. The third-order valence-corrected chi connectivity index (χ3v) is 8.25. The van der Waals surface area contributed by atoms with Crippen LogP contribution in [0.15, 0.2) is 58.7 Å². The van der Waals surface area contributed by atoms with E-state index in [-0.39, 0.29) is 36.8 Å². The van der Waals surface area contributed by atoms with E-state index in [9.17, 15) is 9.59 Å². The van der Waals surface area contributed by atoms with Gasteiger partial charge in [0, 0.05) is 32.2 Å². The smallest absolute Gasteiger partial charge is 0.434 e. The Morgan fingerprint density at radius 2 is 1.80 bits per heavy atom. The Labute approximate surface area is 316 Å². The zero-order chi connectivity index (χ0) is 39.8. The van der Waals surface area contributed by atoms with Crippen LogP contribution < -0.4 is 11.3 Å². The van der Waals surface area contributed by atoms with E-state index in [1.54, 1.807) is 18.4 Å². The van der Waals surface area contributed by atoms with Crippen LogP contribution in [-0.2, 0) is 36.9 Å². The third kappa shape index (κ3) is 13.6. The summed E-state index contributed by atoms with van der Waals surface area (Å²) in [5.41, 5.74) is 5.34. The summed E-state index contributed by atoms with van der Waals surface area (Å²) < 4.78 is 17.4. The molecule has 0 fully saturated rings. The van der Waals surface area contributed by atoms with Crippen molar-refractivity contribution in [2.45, 2.75) is 78.7 Å². The maximum absolute atomic E-state index is 13.5. The highest BCUT2D eigenvalue weighted by Gasteiger charge is 2.29. The summed E-state index contributed by atoms with van der Waals surface area (Å²) in [6.07, 6.45) is -0.929. The summed E-state index contributed by atoms with van der Waals surface area (Å²) >= 11 is 6.50. The number of hydrogen-bond donors (Lipinski definition) is 6. The number of rotatable bonds is 21. The molecule has 20 heteroatoms. The second-order valence-corrected chi connectivity index (χ2v) is 13.0. The van der Waals surface area contributed by atoms with E-state index in [4.69, 9.17) is 57.3 Å². The van der Waals surface area contributed by atoms with Crippen LogP contribution in [0.5, 0.6) is 0 Å². The molecule has 1 heterocycles. The van der Waals surface area contributed by atoms with Crippen molar-refractivity contribution in [2.24, 2.45) is 21.5 Å². The molecule has 0 amide bonds. The predicted molar refractivity (Wildman–Crippen MR) is 192 cm³/mol. The van der Waals surface area contributed by atoms with E-state index >= 15 is 0 Å². The number of esters is 1. The molecule has 2 aromatic carbocycles. The molecule has 2 unspecified atom stereocenters. The maximum Gasteiger partial charge on any atom is 0.511 e. The summed E-state index contributed by atoms with van der Waals surface area (Å²) in [6.45, 7) is 9.99. The molecule has 2 atom stereocenters. The number of hydrogen-bond acceptors (Lipinski definition) is 17. The zero-order valence-electron chi connectivity index (χ0n) is 30.4. The Morgan fingerprint density at radius 1 is 1.09 bits per heavy atom. The molecule has 0 radical (unpaired) electrons. The third-order valence-electron chi connectivity index (χ3n) is 7.99. The monoisotopic (exact) mass is 778 g/mol. The quantitative estimate of drug-likeness (QED) is 0.0201. The molecule has 0 saturated carbocycles. The minimum Gasteiger partial charge on any atom is -0.434 e. The van der Waals surface area contributed by atoms with Gasteiger partial charge in [-0.2, -0.15) is 10.2 Å². The minimum absolute atomic E-state index is 0.00912. The molecular formula is C34H47ClN8O11. The van der Waals surface area contributed by atoms with Crippen molar-refractivity contribution in [1.82, 2.24) is 25.8 Å². The molecule has 3 aromatic rings. The fourth-order valence-corrected chi connectivity index (χ4v) is 5.72. The highest BCUT2D eigenvalue weighted by atomic mass is 35.5. The first-order valence-corrected chi connectivity index (χ1v) is 17.2. The zero-order valence-corrected chi connectivity index (χ0v) is 31.2. The van der Waals surface area contributed by atoms with Gasteiger partial charge in [0.1, 0.15) is 18.5 Å². The molecule has 296 valence electrons. The molecule has 7 N–H and O–H groups in total. The Balaban J connectivity index is 1.67. The van der Waals surface area contributed by atoms with Crippen LogP contribution >= 0.6 is 11.6 Å². The van der Waals surface area contributed by atoms with E-state index in [2.05, 4.69) is 32.2 Å². The molecule has 1 aromatic heterocycles. The van der Waals surface area contributed by atoms with Crippen molar-refractivity contribution in [3.05, 3.63) is 76.3 Å². The fourth-order valence-electron chi connectivity index (χ4n) is 5.44. The Bertz CT molecular complexity index is 1700. The van der Waals surface area contributed by atoms with Gasteiger partial charge in [0.05, 0.1) is 17.4 Å². The average molecular weight is 779 g/mol. The van der Waals surface area contributed by atoms with E-state index in [0.29, 0.717) is 18.1 Å². The number of halogens is 1. The molecule has 0 spiro atoms. The summed E-state index contributed by atoms with van der Waals surface area (Å²) in [4.78, 5) is 39.6. The number of hydrazone groups is 2. The number of aryl methyl sites for hydroxylation is 1. The molecule has 0 bridgehead atoms. The van der Waals surface area contributed by atoms with E-state index in [1.165, 1.54) is 6.92 Å². The second-order valence-electron chi connectivity index (χ2n) is 12.7. The predicted octanol–water partition coefficient (Wildman–Crippen LogP) is 5.27. The van der Waals surface area contributed by atoms with Crippen LogP contribution in [0, 0.1) is 5.41 Å². The number of carbonyl (C=O) groups excluding carboxylic acids is 2. The number of carbonyl (C=O) groups is 2. The standard InChI is InChI=1S/C34H47ClN8O11/c1-6-7-12-28-38-30(35)29(41(28)20-23-13-15-24(16-14-23)26-10-8-9-11-27(26)31(39-36)40-37-5)32(44)52-22(2)53-33(45)50-18-17-34(3,4)19-25(54-43(48)49)21-51-42(46)47/h8-11,13-16,22,25,46-49H,5-7,12,17-21,36H2,1-4H3,(H,39,40). The lowest BCUT2D eigenvalue weighted by molar-refractivity contribution is -0.528. The van der Waals surface area contributed by atoms with Crippen molar-refractivity contribution in [2.75, 3.05) is 13.2 Å². The van der Waals surface area contributed by atoms with Gasteiger partial charge in [0.2, 0.25) is 6.29 Å². The van der Waals surface area contributed by atoms with E-state index < -0.39 is 47.3 Å². The van der Waals surface area contributed by atoms with Gasteiger partial charge in [0.15, 0.2) is 16.7 Å². The van der Waals surface area contributed by atoms with Gasteiger partial charge in [-0.25, -0.2) is 24.2 Å². The normalized spacial score (nSPS) is 13.1. The number of amidine groups is 1. The Morgan fingerprint density at radius 3 is 2.43 bits per heavy atom. The van der Waals surface area contributed by atoms with Gasteiger partial charge in [-0.1, -0.05) is 87.3 Å². The van der Waals surface area contributed by atoms with Crippen LogP contribution in [0.4, 0.5) is 4.79 Å². The van der Waals surface area contributed by atoms with Gasteiger partial charge in [-0.05, 0) is 41.4 Å². The SMILES string of the molecule is C=NN/C(=N\N)c1ccccc1-c1ccc(Cn2c(CCCC)nc(Cl)c2C(=O)OC(C)OC(=O)OCCC(C)(C)CC(CON(O)O)ON(O)O)cc1. The maximum atomic E-state index is 13.5. The van der Waals surface area contributed by atoms with Gasteiger partial charge in [0.25, 0.3) is 0 Å².